The predicted molar refractivity (Wildman–Crippen MR) is 115 cm³/mol. The summed E-state index contributed by atoms with van der Waals surface area (Å²) in [5, 5.41) is 8.58. The van der Waals surface area contributed by atoms with Crippen LogP contribution in [0.4, 0.5) is 0 Å². The van der Waals surface area contributed by atoms with Crippen LogP contribution in [0, 0.1) is 6.92 Å². The van der Waals surface area contributed by atoms with E-state index in [0.717, 1.165) is 49.6 Å². The number of piperazine rings is 1. The summed E-state index contributed by atoms with van der Waals surface area (Å²) in [7, 11) is 0. The highest BCUT2D eigenvalue weighted by molar-refractivity contribution is 5.52. The first-order valence-corrected chi connectivity index (χ1v) is 10.5. The van der Waals surface area contributed by atoms with Gasteiger partial charge in [-0.1, -0.05) is 23.8 Å². The van der Waals surface area contributed by atoms with Crippen LogP contribution >= 0.6 is 0 Å². The van der Waals surface area contributed by atoms with Crippen molar-refractivity contribution in [2.24, 2.45) is 0 Å². The highest BCUT2D eigenvalue weighted by Gasteiger charge is 2.26. The number of imidazole rings is 1. The highest BCUT2D eigenvalue weighted by Crippen LogP contribution is 2.25. The number of hydrogen-bond acceptors (Lipinski definition) is 6. The molecule has 4 aromatic rings. The van der Waals surface area contributed by atoms with E-state index in [4.69, 9.17) is 9.40 Å². The van der Waals surface area contributed by atoms with Gasteiger partial charge >= 0.3 is 0 Å². The van der Waals surface area contributed by atoms with Crippen LogP contribution < -0.4 is 0 Å². The first-order valence-electron chi connectivity index (χ1n) is 10.5. The third-order valence-corrected chi connectivity index (χ3v) is 5.85. The summed E-state index contributed by atoms with van der Waals surface area (Å²) in [6, 6.07) is 14.4. The number of fused-ring (bicyclic) bond motifs is 1. The van der Waals surface area contributed by atoms with Crippen LogP contribution in [0.3, 0.4) is 0 Å². The van der Waals surface area contributed by atoms with Gasteiger partial charge in [0.1, 0.15) is 5.65 Å². The Hall–Kier alpha value is -3.03. The Morgan fingerprint density at radius 3 is 2.57 bits per heavy atom. The molecular weight excluding hydrogens is 376 g/mol. The molecule has 0 aliphatic carbocycles. The zero-order valence-electron chi connectivity index (χ0n) is 17.4. The van der Waals surface area contributed by atoms with Gasteiger partial charge in [0.2, 0.25) is 11.8 Å². The molecule has 0 N–H and O–H groups in total. The predicted octanol–water partition coefficient (Wildman–Crippen LogP) is 3.57. The molecule has 1 fully saturated rings. The number of aromatic nitrogens is 4. The standard InChI is InChI=1S/C23H26N6O/c1-17-6-8-19(9-7-17)23-26-25-22(30-23)18(2)28-13-11-27(12-14-28)15-20-16-29-10-4-3-5-21(29)24-20/h3-10,16,18H,11-15H2,1-2H3/t18-/m0/s1. The van der Waals surface area contributed by atoms with Gasteiger partial charge in [-0.2, -0.15) is 0 Å². The topological polar surface area (TPSA) is 62.7 Å². The normalized spacial score (nSPS) is 16.9. The summed E-state index contributed by atoms with van der Waals surface area (Å²) in [6.45, 7) is 9.02. The van der Waals surface area contributed by atoms with E-state index in [9.17, 15) is 0 Å². The Bertz CT molecular complexity index is 1090. The largest absolute Gasteiger partial charge is 0.419 e. The van der Waals surface area contributed by atoms with Gasteiger partial charge in [0.25, 0.3) is 0 Å². The van der Waals surface area contributed by atoms with Gasteiger partial charge in [-0.15, -0.1) is 10.2 Å². The highest BCUT2D eigenvalue weighted by atomic mass is 16.4. The number of nitrogens with zero attached hydrogens (tertiary/aromatic N) is 6. The van der Waals surface area contributed by atoms with Gasteiger partial charge in [-0.3, -0.25) is 9.80 Å². The fourth-order valence-corrected chi connectivity index (χ4v) is 3.97. The van der Waals surface area contributed by atoms with Crippen LogP contribution in [-0.4, -0.2) is 55.6 Å². The second-order valence-electron chi connectivity index (χ2n) is 8.00. The quantitative estimate of drug-likeness (QED) is 0.509. The van der Waals surface area contributed by atoms with Crippen LogP contribution in [0.15, 0.2) is 59.3 Å². The number of pyridine rings is 1. The molecule has 5 rings (SSSR count). The Kier molecular flexibility index (Phi) is 5.06. The molecule has 3 aromatic heterocycles. The Balaban J connectivity index is 1.19. The average molecular weight is 403 g/mol. The molecule has 7 heteroatoms. The van der Waals surface area contributed by atoms with Crippen molar-refractivity contribution in [3.8, 4) is 11.5 Å². The molecule has 30 heavy (non-hydrogen) atoms. The third-order valence-electron chi connectivity index (χ3n) is 5.85. The van der Waals surface area contributed by atoms with Crippen molar-refractivity contribution in [1.29, 1.82) is 0 Å². The lowest BCUT2D eigenvalue weighted by Crippen LogP contribution is -2.46. The zero-order valence-corrected chi connectivity index (χ0v) is 17.4. The van der Waals surface area contributed by atoms with Crippen LogP contribution in [0.5, 0.6) is 0 Å². The third kappa shape index (κ3) is 3.86. The first kappa shape index (κ1) is 19.0. The Labute approximate surface area is 176 Å². The molecular formula is C23H26N6O. The van der Waals surface area contributed by atoms with E-state index in [1.54, 1.807) is 0 Å². The number of benzene rings is 1. The van der Waals surface area contributed by atoms with Crippen LogP contribution in [0.2, 0.25) is 0 Å². The van der Waals surface area contributed by atoms with Gasteiger partial charge in [0.05, 0.1) is 11.7 Å². The van der Waals surface area contributed by atoms with Crippen molar-refractivity contribution in [2.45, 2.75) is 26.4 Å². The SMILES string of the molecule is Cc1ccc(-c2nnc([C@H](C)N3CCN(Cc4cn5ccccc5n4)CC3)o2)cc1. The molecule has 1 aliphatic heterocycles. The minimum atomic E-state index is 0.106. The van der Waals surface area contributed by atoms with Crippen molar-refractivity contribution in [1.82, 2.24) is 29.4 Å². The summed E-state index contributed by atoms with van der Waals surface area (Å²) >= 11 is 0. The molecule has 7 nitrogen and oxygen atoms in total. The van der Waals surface area contributed by atoms with E-state index in [2.05, 4.69) is 56.6 Å². The molecule has 0 spiro atoms. The molecule has 154 valence electrons. The molecule has 0 saturated carbocycles. The summed E-state index contributed by atoms with van der Waals surface area (Å²) in [4.78, 5) is 9.58. The summed E-state index contributed by atoms with van der Waals surface area (Å²) in [5.41, 5.74) is 4.29. The molecule has 0 amide bonds. The molecule has 1 aliphatic rings. The van der Waals surface area contributed by atoms with Crippen LogP contribution in [0.25, 0.3) is 17.1 Å². The maximum atomic E-state index is 5.99. The monoisotopic (exact) mass is 402 g/mol. The Morgan fingerprint density at radius 2 is 1.80 bits per heavy atom. The minimum Gasteiger partial charge on any atom is -0.419 e. The van der Waals surface area contributed by atoms with Crippen molar-refractivity contribution in [2.75, 3.05) is 26.2 Å². The Morgan fingerprint density at radius 1 is 1.00 bits per heavy atom. The summed E-state index contributed by atoms with van der Waals surface area (Å²) < 4.78 is 8.07. The number of rotatable bonds is 5. The van der Waals surface area contributed by atoms with Crippen LogP contribution in [0.1, 0.15) is 30.1 Å². The van der Waals surface area contributed by atoms with Gasteiger partial charge < -0.3 is 8.82 Å². The summed E-state index contributed by atoms with van der Waals surface area (Å²) in [6.07, 6.45) is 4.16. The number of hydrogen-bond donors (Lipinski definition) is 0. The van der Waals surface area contributed by atoms with E-state index in [1.807, 2.05) is 36.5 Å². The lowest BCUT2D eigenvalue weighted by Gasteiger charge is -2.36. The molecule has 1 atom stereocenters. The zero-order chi connectivity index (χ0) is 20.5. The molecule has 0 unspecified atom stereocenters. The van der Waals surface area contributed by atoms with E-state index in [-0.39, 0.29) is 6.04 Å². The minimum absolute atomic E-state index is 0.106. The fraction of sp³-hybridized carbons (Fsp3) is 0.348. The molecule has 4 heterocycles. The number of aryl methyl sites for hydroxylation is 1. The lowest BCUT2D eigenvalue weighted by atomic mass is 10.1. The van der Waals surface area contributed by atoms with E-state index < -0.39 is 0 Å². The first-order chi connectivity index (χ1) is 14.7. The second kappa shape index (κ2) is 8.01. The van der Waals surface area contributed by atoms with Gasteiger partial charge in [0, 0.05) is 50.7 Å². The maximum absolute atomic E-state index is 5.99. The van der Waals surface area contributed by atoms with Gasteiger partial charge in [0.15, 0.2) is 0 Å². The van der Waals surface area contributed by atoms with E-state index in [1.165, 1.54) is 5.56 Å². The van der Waals surface area contributed by atoms with Gasteiger partial charge in [-0.05, 0) is 38.1 Å². The molecule has 0 bridgehead atoms. The molecule has 1 aromatic carbocycles. The smallest absolute Gasteiger partial charge is 0.247 e. The second-order valence-corrected chi connectivity index (χ2v) is 8.00. The average Bonchev–Trinajstić information content (AvgIpc) is 3.41. The fourth-order valence-electron chi connectivity index (χ4n) is 3.97. The van der Waals surface area contributed by atoms with Crippen LogP contribution in [-0.2, 0) is 6.54 Å². The van der Waals surface area contributed by atoms with Crippen molar-refractivity contribution in [3.63, 3.8) is 0 Å². The maximum Gasteiger partial charge on any atom is 0.247 e. The van der Waals surface area contributed by atoms with Crippen molar-refractivity contribution >= 4 is 5.65 Å². The van der Waals surface area contributed by atoms with E-state index >= 15 is 0 Å². The van der Waals surface area contributed by atoms with Crippen molar-refractivity contribution < 1.29 is 4.42 Å². The van der Waals surface area contributed by atoms with E-state index in [0.29, 0.717) is 11.8 Å². The lowest BCUT2D eigenvalue weighted by molar-refractivity contribution is 0.0870. The van der Waals surface area contributed by atoms with Crippen molar-refractivity contribution in [3.05, 3.63) is 72.0 Å². The molecule has 0 radical (unpaired) electrons. The molecule has 1 saturated heterocycles. The van der Waals surface area contributed by atoms with Gasteiger partial charge in [-0.25, -0.2) is 4.98 Å². The summed E-state index contributed by atoms with van der Waals surface area (Å²) in [5.74, 6) is 1.27.